The molecule has 0 aromatic carbocycles. The fourth-order valence-corrected chi connectivity index (χ4v) is 1.86. The molecule has 1 rings (SSSR count). The van der Waals surface area contributed by atoms with E-state index in [0.717, 1.165) is 6.42 Å². The maximum atomic E-state index is 9.02. The zero-order chi connectivity index (χ0) is 13.4. The molecule has 1 aromatic rings. The summed E-state index contributed by atoms with van der Waals surface area (Å²) in [5.74, 6) is 0.634. The maximum Gasteiger partial charge on any atom is 0.144 e. The first-order valence-corrected chi connectivity index (χ1v) is 6.59. The van der Waals surface area contributed by atoms with Crippen LogP contribution in [0.1, 0.15) is 51.5 Å². The molecule has 4 heteroatoms. The van der Waals surface area contributed by atoms with Crippen LogP contribution in [0.3, 0.4) is 0 Å². The van der Waals surface area contributed by atoms with Crippen molar-refractivity contribution in [1.29, 1.82) is 5.26 Å². The van der Waals surface area contributed by atoms with Crippen LogP contribution in [0.2, 0.25) is 0 Å². The molecule has 0 amide bonds. The second-order valence-electron chi connectivity index (χ2n) is 4.67. The number of pyridine rings is 1. The van der Waals surface area contributed by atoms with E-state index in [1.165, 1.54) is 25.7 Å². The number of unbranched alkanes of at least 4 members (excludes halogenated alkanes) is 3. The Labute approximate surface area is 109 Å². The largest absolute Gasteiger partial charge is 0.397 e. The summed E-state index contributed by atoms with van der Waals surface area (Å²) in [4.78, 5) is 4.17. The molecule has 0 aliphatic heterocycles. The third-order valence-electron chi connectivity index (χ3n) is 2.90. The molecule has 0 spiro atoms. The summed E-state index contributed by atoms with van der Waals surface area (Å²) in [5.41, 5.74) is 6.64. The van der Waals surface area contributed by atoms with Crippen LogP contribution in [-0.4, -0.2) is 11.0 Å². The first-order chi connectivity index (χ1) is 8.67. The molecule has 1 heterocycles. The Kier molecular flexibility index (Phi) is 5.99. The van der Waals surface area contributed by atoms with Crippen molar-refractivity contribution in [2.45, 2.75) is 52.0 Å². The minimum absolute atomic E-state index is 0.324. The lowest BCUT2D eigenvalue weighted by atomic mass is 10.1. The van der Waals surface area contributed by atoms with Crippen molar-refractivity contribution in [3.05, 3.63) is 17.8 Å². The number of nitrogens with one attached hydrogen (secondary N) is 1. The quantitative estimate of drug-likeness (QED) is 0.724. The average Bonchev–Trinajstić information content (AvgIpc) is 2.37. The van der Waals surface area contributed by atoms with Crippen molar-refractivity contribution >= 4 is 11.5 Å². The van der Waals surface area contributed by atoms with E-state index in [1.807, 2.05) is 0 Å². The Morgan fingerprint density at radius 3 is 2.89 bits per heavy atom. The Hall–Kier alpha value is -1.76. The van der Waals surface area contributed by atoms with Gasteiger partial charge in [-0.15, -0.1) is 0 Å². The molecular weight excluding hydrogens is 224 g/mol. The van der Waals surface area contributed by atoms with E-state index in [0.29, 0.717) is 23.1 Å². The number of hydrogen-bond donors (Lipinski definition) is 2. The minimum atomic E-state index is 0.324. The molecule has 0 aliphatic rings. The third-order valence-corrected chi connectivity index (χ3v) is 2.90. The van der Waals surface area contributed by atoms with E-state index in [9.17, 15) is 0 Å². The molecule has 0 aliphatic carbocycles. The zero-order valence-electron chi connectivity index (χ0n) is 11.2. The van der Waals surface area contributed by atoms with Gasteiger partial charge in [0.1, 0.15) is 11.9 Å². The summed E-state index contributed by atoms with van der Waals surface area (Å²) in [6.07, 6.45) is 7.68. The molecule has 4 nitrogen and oxygen atoms in total. The van der Waals surface area contributed by atoms with Gasteiger partial charge in [-0.1, -0.05) is 32.6 Å². The lowest BCUT2D eigenvalue weighted by molar-refractivity contribution is 0.593. The van der Waals surface area contributed by atoms with Gasteiger partial charge in [-0.2, -0.15) is 5.26 Å². The van der Waals surface area contributed by atoms with Crippen molar-refractivity contribution in [1.82, 2.24) is 4.98 Å². The van der Waals surface area contributed by atoms with Crippen molar-refractivity contribution in [3.8, 4) is 6.07 Å². The van der Waals surface area contributed by atoms with E-state index in [4.69, 9.17) is 11.0 Å². The second-order valence-corrected chi connectivity index (χ2v) is 4.67. The summed E-state index contributed by atoms with van der Waals surface area (Å²) in [7, 11) is 0. The standard InChI is InChI=1S/C14H22N4/c1-3-4-5-6-7-11(2)18-14-12(9-15)8-13(16)10-17-14/h8,10-11H,3-7,16H2,1-2H3,(H,17,18). The van der Waals surface area contributed by atoms with Crippen molar-refractivity contribution in [2.24, 2.45) is 0 Å². The molecule has 98 valence electrons. The normalized spacial score (nSPS) is 11.8. The van der Waals surface area contributed by atoms with E-state index < -0.39 is 0 Å². The number of aromatic nitrogens is 1. The topological polar surface area (TPSA) is 74.7 Å². The zero-order valence-corrected chi connectivity index (χ0v) is 11.2. The Morgan fingerprint density at radius 1 is 1.44 bits per heavy atom. The Balaban J connectivity index is 2.49. The van der Waals surface area contributed by atoms with Gasteiger partial charge < -0.3 is 11.1 Å². The van der Waals surface area contributed by atoms with Gasteiger partial charge in [-0.05, 0) is 19.4 Å². The molecule has 1 atom stereocenters. The van der Waals surface area contributed by atoms with E-state index in [-0.39, 0.29) is 0 Å². The fraction of sp³-hybridized carbons (Fsp3) is 0.571. The van der Waals surface area contributed by atoms with E-state index in [2.05, 4.69) is 30.2 Å². The SMILES string of the molecule is CCCCCCC(C)Nc1ncc(N)cc1C#N. The summed E-state index contributed by atoms with van der Waals surface area (Å²) < 4.78 is 0. The monoisotopic (exact) mass is 246 g/mol. The molecule has 18 heavy (non-hydrogen) atoms. The average molecular weight is 246 g/mol. The highest BCUT2D eigenvalue weighted by Crippen LogP contribution is 2.16. The van der Waals surface area contributed by atoms with Gasteiger partial charge in [0.25, 0.3) is 0 Å². The van der Waals surface area contributed by atoms with Gasteiger partial charge in [0, 0.05) is 6.04 Å². The first kappa shape index (κ1) is 14.3. The van der Waals surface area contributed by atoms with Crippen LogP contribution in [0.25, 0.3) is 0 Å². The van der Waals surface area contributed by atoms with Gasteiger partial charge >= 0.3 is 0 Å². The highest BCUT2D eigenvalue weighted by Gasteiger charge is 2.07. The number of nitrogens with zero attached hydrogens (tertiary/aromatic N) is 2. The van der Waals surface area contributed by atoms with Crippen LogP contribution >= 0.6 is 0 Å². The molecular formula is C14H22N4. The Morgan fingerprint density at radius 2 is 2.22 bits per heavy atom. The summed E-state index contributed by atoms with van der Waals surface area (Å²) in [6.45, 7) is 4.32. The number of rotatable bonds is 7. The van der Waals surface area contributed by atoms with Crippen molar-refractivity contribution < 1.29 is 0 Å². The summed E-state index contributed by atoms with van der Waals surface area (Å²) >= 11 is 0. The summed E-state index contributed by atoms with van der Waals surface area (Å²) in [5, 5.41) is 12.3. The first-order valence-electron chi connectivity index (χ1n) is 6.59. The third kappa shape index (κ3) is 4.62. The predicted octanol–water partition coefficient (Wildman–Crippen LogP) is 3.31. The van der Waals surface area contributed by atoms with Gasteiger partial charge in [-0.3, -0.25) is 0 Å². The van der Waals surface area contributed by atoms with Gasteiger partial charge in [-0.25, -0.2) is 4.98 Å². The van der Waals surface area contributed by atoms with E-state index in [1.54, 1.807) is 12.3 Å². The lowest BCUT2D eigenvalue weighted by Gasteiger charge is -2.15. The molecule has 3 N–H and O–H groups in total. The smallest absolute Gasteiger partial charge is 0.144 e. The van der Waals surface area contributed by atoms with Crippen LogP contribution < -0.4 is 11.1 Å². The van der Waals surface area contributed by atoms with Gasteiger partial charge in [0.15, 0.2) is 0 Å². The fourth-order valence-electron chi connectivity index (χ4n) is 1.86. The highest BCUT2D eigenvalue weighted by atomic mass is 15.0. The molecule has 1 aromatic heterocycles. The predicted molar refractivity (Wildman–Crippen MR) is 75.2 cm³/mol. The molecule has 0 saturated carbocycles. The Bertz CT molecular complexity index is 409. The van der Waals surface area contributed by atoms with E-state index >= 15 is 0 Å². The molecule has 1 unspecified atom stereocenters. The molecule has 0 bridgehead atoms. The van der Waals surface area contributed by atoms with Gasteiger partial charge in [0.05, 0.1) is 17.4 Å². The number of nitrogens with two attached hydrogens (primary N) is 1. The number of nitrogen functional groups attached to an aromatic ring is 1. The molecule has 0 fully saturated rings. The van der Waals surface area contributed by atoms with Crippen LogP contribution in [0.4, 0.5) is 11.5 Å². The lowest BCUT2D eigenvalue weighted by Crippen LogP contribution is -2.17. The van der Waals surface area contributed by atoms with Gasteiger partial charge in [0.2, 0.25) is 0 Å². The second kappa shape index (κ2) is 7.54. The van der Waals surface area contributed by atoms with Crippen LogP contribution in [0, 0.1) is 11.3 Å². The summed E-state index contributed by atoms with van der Waals surface area (Å²) in [6, 6.07) is 4.09. The number of anilines is 2. The van der Waals surface area contributed by atoms with Crippen molar-refractivity contribution in [2.75, 3.05) is 11.1 Å². The molecule has 0 radical (unpaired) electrons. The van der Waals surface area contributed by atoms with Crippen LogP contribution in [0.15, 0.2) is 12.3 Å². The number of hydrogen-bond acceptors (Lipinski definition) is 4. The van der Waals surface area contributed by atoms with Crippen molar-refractivity contribution in [3.63, 3.8) is 0 Å². The minimum Gasteiger partial charge on any atom is -0.397 e. The van der Waals surface area contributed by atoms with Crippen LogP contribution in [0.5, 0.6) is 0 Å². The maximum absolute atomic E-state index is 9.02. The highest BCUT2D eigenvalue weighted by molar-refractivity contribution is 5.57. The van der Waals surface area contributed by atoms with Crippen LogP contribution in [-0.2, 0) is 0 Å². The molecule has 0 saturated heterocycles. The number of nitriles is 1.